The molecule has 0 saturated carbocycles. The summed E-state index contributed by atoms with van der Waals surface area (Å²) in [5.74, 6) is 2.50. The van der Waals surface area contributed by atoms with Crippen molar-refractivity contribution >= 4 is 0 Å². The van der Waals surface area contributed by atoms with Crippen molar-refractivity contribution in [1.29, 1.82) is 0 Å². The van der Waals surface area contributed by atoms with E-state index in [1.807, 2.05) is 6.07 Å². The molecule has 1 fully saturated rings. The van der Waals surface area contributed by atoms with Crippen LogP contribution >= 0.6 is 0 Å². The fourth-order valence-corrected chi connectivity index (χ4v) is 2.74. The van der Waals surface area contributed by atoms with Gasteiger partial charge in [0, 0.05) is 19.7 Å². The summed E-state index contributed by atoms with van der Waals surface area (Å²) in [6, 6.07) is 6.19. The normalized spacial score (nSPS) is 26.9. The van der Waals surface area contributed by atoms with Gasteiger partial charge in [0.1, 0.15) is 13.2 Å². The van der Waals surface area contributed by atoms with Crippen LogP contribution in [0.15, 0.2) is 18.2 Å². The first-order valence-electron chi connectivity index (χ1n) is 6.58. The number of hydrogen-bond donors (Lipinski definition) is 2. The molecule has 4 nitrogen and oxygen atoms in total. The van der Waals surface area contributed by atoms with Crippen LogP contribution in [-0.2, 0) is 0 Å². The summed E-state index contributed by atoms with van der Waals surface area (Å²) in [4.78, 5) is 0. The third kappa shape index (κ3) is 2.31. The molecule has 0 aliphatic carbocycles. The Bertz CT molecular complexity index is 422. The van der Waals surface area contributed by atoms with Crippen molar-refractivity contribution in [2.45, 2.75) is 12.3 Å². The van der Waals surface area contributed by atoms with Crippen LogP contribution in [0.1, 0.15) is 17.9 Å². The molecule has 2 N–H and O–H groups in total. The first-order valence-corrected chi connectivity index (χ1v) is 6.58. The maximum atomic E-state index is 9.26. The summed E-state index contributed by atoms with van der Waals surface area (Å²) in [6.07, 6.45) is 1.03. The van der Waals surface area contributed by atoms with Gasteiger partial charge < -0.3 is 19.9 Å². The van der Waals surface area contributed by atoms with Crippen molar-refractivity contribution in [2.24, 2.45) is 5.92 Å². The Labute approximate surface area is 107 Å². The molecular formula is C14H19NO3. The fourth-order valence-electron chi connectivity index (χ4n) is 2.74. The molecule has 1 saturated heterocycles. The Balaban J connectivity index is 1.79. The van der Waals surface area contributed by atoms with Gasteiger partial charge in [-0.3, -0.25) is 0 Å². The van der Waals surface area contributed by atoms with E-state index < -0.39 is 0 Å². The van der Waals surface area contributed by atoms with Crippen molar-refractivity contribution in [3.05, 3.63) is 23.8 Å². The van der Waals surface area contributed by atoms with Gasteiger partial charge in [0.05, 0.1) is 0 Å². The van der Waals surface area contributed by atoms with E-state index in [9.17, 15) is 5.11 Å². The van der Waals surface area contributed by atoms with Crippen LogP contribution in [0.25, 0.3) is 0 Å². The molecule has 0 radical (unpaired) electrons. The largest absolute Gasteiger partial charge is 0.486 e. The number of aliphatic hydroxyl groups excluding tert-OH is 1. The highest BCUT2D eigenvalue weighted by molar-refractivity contribution is 5.45. The number of aliphatic hydroxyl groups is 1. The van der Waals surface area contributed by atoms with E-state index >= 15 is 0 Å². The number of nitrogens with one attached hydrogen (secondary N) is 1. The van der Waals surface area contributed by atoms with Gasteiger partial charge in [0.15, 0.2) is 11.5 Å². The lowest BCUT2D eigenvalue weighted by Crippen LogP contribution is -2.36. The standard InChI is InChI=1S/C14H19NO3/c16-9-10-5-12(8-15-7-10)11-1-2-13-14(6-11)18-4-3-17-13/h1-2,6,10,12,15-16H,3-5,7-9H2. The van der Waals surface area contributed by atoms with Gasteiger partial charge in [-0.1, -0.05) is 6.07 Å². The second-order valence-electron chi connectivity index (χ2n) is 5.04. The molecule has 2 heterocycles. The molecule has 98 valence electrons. The number of hydrogen-bond acceptors (Lipinski definition) is 4. The molecular weight excluding hydrogens is 230 g/mol. The van der Waals surface area contributed by atoms with Crippen molar-refractivity contribution in [3.8, 4) is 11.5 Å². The molecule has 2 atom stereocenters. The highest BCUT2D eigenvalue weighted by Gasteiger charge is 2.23. The molecule has 2 unspecified atom stereocenters. The van der Waals surface area contributed by atoms with E-state index in [1.165, 1.54) is 5.56 Å². The zero-order valence-corrected chi connectivity index (χ0v) is 10.4. The maximum absolute atomic E-state index is 9.26. The predicted octanol–water partition coefficient (Wildman–Crippen LogP) is 1.14. The van der Waals surface area contributed by atoms with Gasteiger partial charge in [-0.25, -0.2) is 0 Å². The van der Waals surface area contributed by atoms with Crippen molar-refractivity contribution in [1.82, 2.24) is 5.32 Å². The zero-order chi connectivity index (χ0) is 12.4. The number of ether oxygens (including phenoxy) is 2. The highest BCUT2D eigenvalue weighted by atomic mass is 16.6. The predicted molar refractivity (Wildman–Crippen MR) is 68.2 cm³/mol. The van der Waals surface area contributed by atoms with Gasteiger partial charge in [0.2, 0.25) is 0 Å². The molecule has 2 aliphatic heterocycles. The molecule has 18 heavy (non-hydrogen) atoms. The minimum absolute atomic E-state index is 0.258. The monoisotopic (exact) mass is 249 g/mol. The number of fused-ring (bicyclic) bond motifs is 1. The van der Waals surface area contributed by atoms with E-state index in [1.54, 1.807) is 0 Å². The van der Waals surface area contributed by atoms with Gasteiger partial charge in [-0.05, 0) is 36.0 Å². The Morgan fingerprint density at radius 3 is 2.83 bits per heavy atom. The lowest BCUT2D eigenvalue weighted by atomic mass is 9.86. The second kappa shape index (κ2) is 5.16. The van der Waals surface area contributed by atoms with Crippen molar-refractivity contribution in [2.75, 3.05) is 32.9 Å². The molecule has 3 rings (SSSR count). The van der Waals surface area contributed by atoms with E-state index in [-0.39, 0.29) is 6.61 Å². The minimum Gasteiger partial charge on any atom is -0.486 e. The molecule has 1 aromatic rings. The molecule has 4 heteroatoms. The van der Waals surface area contributed by atoms with Crippen LogP contribution in [0, 0.1) is 5.92 Å². The van der Waals surface area contributed by atoms with E-state index in [2.05, 4.69) is 17.4 Å². The number of rotatable bonds is 2. The Kier molecular flexibility index (Phi) is 3.39. The zero-order valence-electron chi connectivity index (χ0n) is 10.4. The Hall–Kier alpha value is -1.26. The van der Waals surface area contributed by atoms with Gasteiger partial charge in [-0.15, -0.1) is 0 Å². The lowest BCUT2D eigenvalue weighted by molar-refractivity contribution is 0.170. The SMILES string of the molecule is OCC1CNCC(c2ccc3c(c2)OCCO3)C1. The first kappa shape index (κ1) is 11.8. The van der Waals surface area contributed by atoms with Crippen LogP contribution < -0.4 is 14.8 Å². The fraction of sp³-hybridized carbons (Fsp3) is 0.571. The van der Waals surface area contributed by atoms with Crippen LogP contribution in [0.4, 0.5) is 0 Å². The average molecular weight is 249 g/mol. The molecule has 0 aromatic heterocycles. The molecule has 0 spiro atoms. The Morgan fingerprint density at radius 2 is 2.00 bits per heavy atom. The third-order valence-corrected chi connectivity index (χ3v) is 3.74. The van der Waals surface area contributed by atoms with Gasteiger partial charge in [0.25, 0.3) is 0 Å². The summed E-state index contributed by atoms with van der Waals surface area (Å²) >= 11 is 0. The van der Waals surface area contributed by atoms with Crippen molar-refractivity contribution < 1.29 is 14.6 Å². The van der Waals surface area contributed by atoms with E-state index in [0.29, 0.717) is 25.0 Å². The molecule has 1 aromatic carbocycles. The Morgan fingerprint density at radius 1 is 1.17 bits per heavy atom. The quantitative estimate of drug-likeness (QED) is 0.825. The summed E-state index contributed by atoms with van der Waals surface area (Å²) in [7, 11) is 0. The van der Waals surface area contributed by atoms with E-state index in [4.69, 9.17) is 9.47 Å². The third-order valence-electron chi connectivity index (χ3n) is 3.74. The summed E-state index contributed by atoms with van der Waals surface area (Å²) in [5, 5.41) is 12.6. The minimum atomic E-state index is 0.258. The summed E-state index contributed by atoms with van der Waals surface area (Å²) in [6.45, 7) is 3.39. The second-order valence-corrected chi connectivity index (χ2v) is 5.04. The highest BCUT2D eigenvalue weighted by Crippen LogP contribution is 2.35. The van der Waals surface area contributed by atoms with Crippen LogP contribution in [-0.4, -0.2) is 38.0 Å². The molecule has 2 aliphatic rings. The van der Waals surface area contributed by atoms with E-state index in [0.717, 1.165) is 31.0 Å². The topological polar surface area (TPSA) is 50.7 Å². The average Bonchev–Trinajstić information content (AvgIpc) is 2.47. The van der Waals surface area contributed by atoms with Crippen molar-refractivity contribution in [3.63, 3.8) is 0 Å². The summed E-state index contributed by atoms with van der Waals surface area (Å²) < 4.78 is 11.1. The lowest BCUT2D eigenvalue weighted by Gasteiger charge is -2.30. The number of benzene rings is 1. The van der Waals surface area contributed by atoms with Gasteiger partial charge in [-0.2, -0.15) is 0 Å². The van der Waals surface area contributed by atoms with Crippen LogP contribution in [0.5, 0.6) is 11.5 Å². The number of piperidine rings is 1. The summed E-state index contributed by atoms with van der Waals surface area (Å²) in [5.41, 5.74) is 1.27. The smallest absolute Gasteiger partial charge is 0.161 e. The van der Waals surface area contributed by atoms with Gasteiger partial charge >= 0.3 is 0 Å². The van der Waals surface area contributed by atoms with Crippen LogP contribution in [0.3, 0.4) is 0 Å². The molecule has 0 bridgehead atoms. The maximum Gasteiger partial charge on any atom is 0.161 e. The first-order chi connectivity index (χ1) is 8.86. The van der Waals surface area contributed by atoms with Crippen LogP contribution in [0.2, 0.25) is 0 Å². The molecule has 0 amide bonds.